The maximum absolute atomic E-state index is 3.58. The van der Waals surface area contributed by atoms with Gasteiger partial charge >= 0.3 is 0 Å². The Balaban J connectivity index is 1.43. The van der Waals surface area contributed by atoms with E-state index in [0.29, 0.717) is 0 Å². The summed E-state index contributed by atoms with van der Waals surface area (Å²) in [6, 6.07) is 39.7. The summed E-state index contributed by atoms with van der Waals surface area (Å²) in [5, 5.41) is 10.3. The molecule has 2 N–H and O–H groups in total. The zero-order valence-corrected chi connectivity index (χ0v) is 18.4. The van der Waals surface area contributed by atoms with Crippen LogP contribution in [0.25, 0.3) is 76.3 Å². The van der Waals surface area contributed by atoms with Crippen molar-refractivity contribution in [3.8, 4) is 11.1 Å². The summed E-state index contributed by atoms with van der Waals surface area (Å²) in [4.78, 5) is 7.17. The lowest BCUT2D eigenvalue weighted by Gasteiger charge is -2.08. The van der Waals surface area contributed by atoms with E-state index < -0.39 is 0 Å². The van der Waals surface area contributed by atoms with Crippen LogP contribution < -0.4 is 0 Å². The molecule has 34 heavy (non-hydrogen) atoms. The van der Waals surface area contributed by atoms with Crippen LogP contribution in [-0.2, 0) is 0 Å². The van der Waals surface area contributed by atoms with E-state index in [1.165, 1.54) is 76.3 Å². The maximum atomic E-state index is 3.58. The van der Waals surface area contributed by atoms with E-state index >= 15 is 0 Å². The van der Waals surface area contributed by atoms with Crippen LogP contribution in [0.5, 0.6) is 0 Å². The summed E-state index contributed by atoms with van der Waals surface area (Å²) in [5.41, 5.74) is 7.22. The summed E-state index contributed by atoms with van der Waals surface area (Å²) in [6.45, 7) is 0. The first-order valence-electron chi connectivity index (χ1n) is 11.7. The smallest absolute Gasteiger partial charge is 0.0471 e. The van der Waals surface area contributed by atoms with Crippen molar-refractivity contribution in [2.75, 3.05) is 0 Å². The lowest BCUT2D eigenvalue weighted by atomic mass is 9.95. The number of hydrogen-bond acceptors (Lipinski definition) is 0. The molecule has 0 atom stereocenters. The molecule has 2 aromatic heterocycles. The van der Waals surface area contributed by atoms with Crippen LogP contribution >= 0.6 is 0 Å². The monoisotopic (exact) mass is 432 g/mol. The molecule has 2 heterocycles. The second-order valence-electron chi connectivity index (χ2n) is 9.19. The minimum atomic E-state index is 1.18. The number of fused-ring (bicyclic) bond motifs is 10. The average Bonchev–Trinajstić information content (AvgIpc) is 3.46. The first-order valence-corrected chi connectivity index (χ1v) is 11.7. The first-order chi connectivity index (χ1) is 16.8. The molecule has 0 aliphatic rings. The Hall–Kier alpha value is -4.56. The Morgan fingerprint density at radius 1 is 0.353 bits per heavy atom. The van der Waals surface area contributed by atoms with E-state index in [0.717, 1.165) is 0 Å². The molecule has 158 valence electrons. The van der Waals surface area contributed by atoms with Crippen molar-refractivity contribution in [1.29, 1.82) is 0 Å². The van der Waals surface area contributed by atoms with Gasteiger partial charge in [0.2, 0.25) is 0 Å². The molecule has 2 nitrogen and oxygen atoms in total. The van der Waals surface area contributed by atoms with Crippen LogP contribution in [0, 0.1) is 0 Å². The highest BCUT2D eigenvalue weighted by Gasteiger charge is 2.11. The molecule has 0 aliphatic heterocycles. The van der Waals surface area contributed by atoms with E-state index in [2.05, 4.69) is 119 Å². The summed E-state index contributed by atoms with van der Waals surface area (Å²) >= 11 is 0. The zero-order valence-electron chi connectivity index (χ0n) is 18.4. The molecule has 0 aliphatic carbocycles. The van der Waals surface area contributed by atoms with Crippen molar-refractivity contribution >= 4 is 65.2 Å². The van der Waals surface area contributed by atoms with Gasteiger partial charge in [-0.1, -0.05) is 72.8 Å². The second kappa shape index (κ2) is 6.49. The van der Waals surface area contributed by atoms with Crippen LogP contribution in [0.2, 0.25) is 0 Å². The van der Waals surface area contributed by atoms with Crippen LogP contribution in [0.1, 0.15) is 0 Å². The van der Waals surface area contributed by atoms with E-state index in [1.54, 1.807) is 0 Å². The number of rotatable bonds is 1. The summed E-state index contributed by atoms with van der Waals surface area (Å²) in [7, 11) is 0. The van der Waals surface area contributed by atoms with Gasteiger partial charge < -0.3 is 9.97 Å². The van der Waals surface area contributed by atoms with Crippen molar-refractivity contribution in [1.82, 2.24) is 9.97 Å². The fraction of sp³-hybridized carbons (Fsp3) is 0. The topological polar surface area (TPSA) is 31.6 Å². The molecule has 0 amide bonds. The Morgan fingerprint density at radius 2 is 0.794 bits per heavy atom. The molecule has 6 aromatic carbocycles. The number of H-pyrrole nitrogens is 2. The molecule has 0 bridgehead atoms. The highest BCUT2D eigenvalue weighted by atomic mass is 14.7. The SMILES string of the molecule is c1ccc2c(c1)[nH]c1ccc3ccc(-c4ccc5ccc6[nH]c7ccccc7c6c5c4)cc3c12. The van der Waals surface area contributed by atoms with Crippen LogP contribution in [0.4, 0.5) is 0 Å². The number of nitrogens with one attached hydrogen (secondary N) is 2. The van der Waals surface area contributed by atoms with E-state index in [-0.39, 0.29) is 0 Å². The fourth-order valence-corrected chi connectivity index (χ4v) is 5.70. The molecule has 0 saturated carbocycles. The Bertz CT molecular complexity index is 1920. The van der Waals surface area contributed by atoms with Crippen molar-refractivity contribution in [2.45, 2.75) is 0 Å². The molecule has 0 spiro atoms. The fourth-order valence-electron chi connectivity index (χ4n) is 5.70. The number of benzene rings is 6. The van der Waals surface area contributed by atoms with Gasteiger partial charge in [0.25, 0.3) is 0 Å². The average molecular weight is 433 g/mol. The molecule has 0 fully saturated rings. The minimum absolute atomic E-state index is 1.18. The Morgan fingerprint density at radius 3 is 1.29 bits per heavy atom. The number of aromatic nitrogens is 2. The van der Waals surface area contributed by atoms with Crippen molar-refractivity contribution in [2.24, 2.45) is 0 Å². The molecular weight excluding hydrogens is 412 g/mol. The van der Waals surface area contributed by atoms with Gasteiger partial charge in [-0.25, -0.2) is 0 Å². The number of hydrogen-bond donors (Lipinski definition) is 2. The summed E-state index contributed by atoms with van der Waals surface area (Å²) in [6.07, 6.45) is 0. The van der Waals surface area contributed by atoms with E-state index in [1.807, 2.05) is 0 Å². The van der Waals surface area contributed by atoms with Crippen LogP contribution in [0.15, 0.2) is 109 Å². The van der Waals surface area contributed by atoms with Crippen LogP contribution in [-0.4, -0.2) is 9.97 Å². The van der Waals surface area contributed by atoms with E-state index in [9.17, 15) is 0 Å². The lowest BCUT2D eigenvalue weighted by molar-refractivity contribution is 1.55. The largest absolute Gasteiger partial charge is 0.354 e. The van der Waals surface area contributed by atoms with Gasteiger partial charge in [-0.3, -0.25) is 0 Å². The molecule has 0 saturated heterocycles. The van der Waals surface area contributed by atoms with E-state index in [4.69, 9.17) is 0 Å². The third-order valence-electron chi connectivity index (χ3n) is 7.31. The molecular formula is C32H20N2. The normalized spacial score (nSPS) is 12.1. The number of aromatic amines is 2. The third kappa shape index (κ3) is 2.40. The van der Waals surface area contributed by atoms with Gasteiger partial charge in [0.1, 0.15) is 0 Å². The predicted molar refractivity (Wildman–Crippen MR) is 146 cm³/mol. The molecule has 2 heteroatoms. The summed E-state index contributed by atoms with van der Waals surface area (Å²) in [5.74, 6) is 0. The van der Waals surface area contributed by atoms with Gasteiger partial charge in [-0.15, -0.1) is 0 Å². The van der Waals surface area contributed by atoms with Crippen molar-refractivity contribution in [3.63, 3.8) is 0 Å². The highest BCUT2D eigenvalue weighted by molar-refractivity contribution is 6.22. The standard InChI is InChI=1S/C32H20N2/c1-3-7-27-23(5-1)31-25-17-21(11-9-19(25)13-15-29(31)33-27)22-12-10-20-14-16-30-32(26(20)18-22)24-6-2-4-8-28(24)34-30/h1-18,33-34H. The molecule has 8 aromatic rings. The molecule has 8 rings (SSSR count). The Labute approximate surface area is 195 Å². The highest BCUT2D eigenvalue weighted by Crippen LogP contribution is 2.37. The van der Waals surface area contributed by atoms with Gasteiger partial charge in [-0.05, 0) is 69.1 Å². The first kappa shape index (κ1) is 17.9. The number of para-hydroxylation sites is 2. The van der Waals surface area contributed by atoms with Gasteiger partial charge in [-0.2, -0.15) is 0 Å². The quantitative estimate of drug-likeness (QED) is 0.259. The van der Waals surface area contributed by atoms with Gasteiger partial charge in [0.05, 0.1) is 0 Å². The molecule has 0 radical (unpaired) electrons. The Kier molecular flexibility index (Phi) is 3.42. The third-order valence-corrected chi connectivity index (χ3v) is 7.31. The van der Waals surface area contributed by atoms with Crippen molar-refractivity contribution < 1.29 is 0 Å². The van der Waals surface area contributed by atoms with Crippen LogP contribution in [0.3, 0.4) is 0 Å². The maximum Gasteiger partial charge on any atom is 0.0471 e. The predicted octanol–water partition coefficient (Wildman–Crippen LogP) is 8.93. The second-order valence-corrected chi connectivity index (χ2v) is 9.19. The minimum Gasteiger partial charge on any atom is -0.354 e. The van der Waals surface area contributed by atoms with Gasteiger partial charge in [0.15, 0.2) is 0 Å². The lowest BCUT2D eigenvalue weighted by Crippen LogP contribution is -1.82. The summed E-state index contributed by atoms with van der Waals surface area (Å²) < 4.78 is 0. The zero-order chi connectivity index (χ0) is 22.2. The molecule has 0 unspecified atom stereocenters. The van der Waals surface area contributed by atoms with Crippen molar-refractivity contribution in [3.05, 3.63) is 109 Å². The van der Waals surface area contributed by atoms with Gasteiger partial charge in [0, 0.05) is 43.6 Å².